The number of anilines is 1. The standard InChI is InChI=1S/C23H34N4O4/c1-15(2)13-19(23(30)25-21-16(3)31-14-20(21)28)24-22(29)17-5-7-18(8-6-17)27-11-9-26(4)10-12-27/h5-8,15-16,19,21H,9-14H2,1-4H3,(H,24,29)(H,25,30)/t16-,19+,21+/m1/s1. The monoisotopic (exact) mass is 430 g/mol. The molecule has 8 nitrogen and oxygen atoms in total. The molecule has 3 rings (SSSR count). The van der Waals surface area contributed by atoms with Crippen molar-refractivity contribution >= 4 is 23.3 Å². The van der Waals surface area contributed by atoms with Crippen molar-refractivity contribution in [2.45, 2.75) is 45.4 Å². The molecule has 0 radical (unpaired) electrons. The Morgan fingerprint density at radius 2 is 1.77 bits per heavy atom. The Bertz CT molecular complexity index is 787. The highest BCUT2D eigenvalue weighted by Gasteiger charge is 2.35. The second-order valence-electron chi connectivity index (χ2n) is 8.96. The van der Waals surface area contributed by atoms with Gasteiger partial charge in [-0.05, 0) is 50.6 Å². The van der Waals surface area contributed by atoms with Crippen LogP contribution in [0.1, 0.15) is 37.6 Å². The van der Waals surface area contributed by atoms with E-state index in [-0.39, 0.29) is 36.2 Å². The van der Waals surface area contributed by atoms with Gasteiger partial charge in [0.25, 0.3) is 5.91 Å². The maximum Gasteiger partial charge on any atom is 0.251 e. The van der Waals surface area contributed by atoms with Gasteiger partial charge in [-0.25, -0.2) is 0 Å². The van der Waals surface area contributed by atoms with E-state index in [2.05, 4.69) is 27.5 Å². The summed E-state index contributed by atoms with van der Waals surface area (Å²) in [6.45, 7) is 9.69. The fourth-order valence-electron chi connectivity index (χ4n) is 3.95. The number of hydrogen-bond donors (Lipinski definition) is 2. The quantitative estimate of drug-likeness (QED) is 0.672. The summed E-state index contributed by atoms with van der Waals surface area (Å²) in [5.74, 6) is -0.599. The number of nitrogens with one attached hydrogen (secondary N) is 2. The third-order valence-corrected chi connectivity index (χ3v) is 5.93. The Morgan fingerprint density at radius 1 is 1.13 bits per heavy atom. The van der Waals surface area contributed by atoms with Gasteiger partial charge in [-0.1, -0.05) is 13.8 Å². The molecular weight excluding hydrogens is 396 g/mol. The molecule has 2 saturated heterocycles. The van der Waals surface area contributed by atoms with Crippen molar-refractivity contribution in [3.8, 4) is 0 Å². The van der Waals surface area contributed by atoms with Crippen LogP contribution in [0.15, 0.2) is 24.3 Å². The number of carbonyl (C=O) groups excluding carboxylic acids is 3. The van der Waals surface area contributed by atoms with Crippen molar-refractivity contribution in [2.24, 2.45) is 5.92 Å². The third-order valence-electron chi connectivity index (χ3n) is 5.93. The van der Waals surface area contributed by atoms with Crippen LogP contribution < -0.4 is 15.5 Å². The molecule has 2 amide bonds. The largest absolute Gasteiger partial charge is 0.369 e. The Balaban J connectivity index is 1.63. The molecule has 2 fully saturated rings. The van der Waals surface area contributed by atoms with Crippen LogP contribution in [0, 0.1) is 5.92 Å². The number of ether oxygens (including phenoxy) is 1. The first-order chi connectivity index (χ1) is 14.7. The van der Waals surface area contributed by atoms with Gasteiger partial charge in [-0.15, -0.1) is 0 Å². The molecule has 1 aromatic carbocycles. The van der Waals surface area contributed by atoms with E-state index >= 15 is 0 Å². The highest BCUT2D eigenvalue weighted by molar-refractivity contribution is 5.99. The maximum absolute atomic E-state index is 12.8. The molecule has 0 saturated carbocycles. The van der Waals surface area contributed by atoms with E-state index in [0.29, 0.717) is 12.0 Å². The van der Waals surface area contributed by atoms with E-state index in [1.165, 1.54) is 0 Å². The predicted octanol–water partition coefficient (Wildman–Crippen LogP) is 1.06. The van der Waals surface area contributed by atoms with Crippen molar-refractivity contribution in [1.29, 1.82) is 0 Å². The molecule has 8 heteroatoms. The summed E-state index contributed by atoms with van der Waals surface area (Å²) in [5, 5.41) is 5.61. The van der Waals surface area contributed by atoms with Crippen LogP contribution in [-0.2, 0) is 14.3 Å². The zero-order valence-corrected chi connectivity index (χ0v) is 18.9. The number of hydrogen-bond acceptors (Lipinski definition) is 6. The predicted molar refractivity (Wildman–Crippen MR) is 119 cm³/mol. The lowest BCUT2D eigenvalue weighted by Crippen LogP contribution is -2.53. The molecule has 3 atom stereocenters. The van der Waals surface area contributed by atoms with Gasteiger partial charge in [0.15, 0.2) is 5.78 Å². The first-order valence-corrected chi connectivity index (χ1v) is 11.0. The van der Waals surface area contributed by atoms with E-state index in [1.54, 1.807) is 19.1 Å². The molecule has 2 aliphatic heterocycles. The molecule has 0 unspecified atom stereocenters. The van der Waals surface area contributed by atoms with Crippen molar-refractivity contribution in [2.75, 3.05) is 44.7 Å². The summed E-state index contributed by atoms with van der Waals surface area (Å²) >= 11 is 0. The maximum atomic E-state index is 12.8. The number of amides is 2. The van der Waals surface area contributed by atoms with Crippen LogP contribution in [0.4, 0.5) is 5.69 Å². The third kappa shape index (κ3) is 6.04. The molecule has 0 aromatic heterocycles. The normalized spacial score (nSPS) is 23.1. The average molecular weight is 431 g/mol. The molecule has 1 aromatic rings. The first-order valence-electron chi connectivity index (χ1n) is 11.0. The van der Waals surface area contributed by atoms with Gasteiger partial charge in [0, 0.05) is 37.4 Å². The van der Waals surface area contributed by atoms with Gasteiger partial charge >= 0.3 is 0 Å². The van der Waals surface area contributed by atoms with Crippen molar-refractivity contribution in [1.82, 2.24) is 15.5 Å². The van der Waals surface area contributed by atoms with Gasteiger partial charge < -0.3 is 25.2 Å². The van der Waals surface area contributed by atoms with E-state index in [0.717, 1.165) is 31.9 Å². The molecule has 0 aliphatic carbocycles. The molecule has 2 aliphatic rings. The number of rotatable bonds is 7. The number of likely N-dealkylation sites (N-methyl/N-ethyl adjacent to an activating group) is 1. The number of benzene rings is 1. The fraction of sp³-hybridized carbons (Fsp3) is 0.609. The van der Waals surface area contributed by atoms with Crippen LogP contribution in [0.2, 0.25) is 0 Å². The Kier molecular flexibility index (Phi) is 7.67. The number of Topliss-reactive ketones (excluding diaryl/α,β-unsaturated/α-hetero) is 1. The van der Waals surface area contributed by atoms with Gasteiger partial charge in [0.2, 0.25) is 5.91 Å². The smallest absolute Gasteiger partial charge is 0.251 e. The second-order valence-corrected chi connectivity index (χ2v) is 8.96. The number of carbonyl (C=O) groups is 3. The fourth-order valence-corrected chi connectivity index (χ4v) is 3.95. The van der Waals surface area contributed by atoms with Gasteiger partial charge in [0.05, 0.1) is 6.10 Å². The van der Waals surface area contributed by atoms with Gasteiger partial charge in [-0.3, -0.25) is 14.4 Å². The lowest BCUT2D eigenvalue weighted by molar-refractivity contribution is -0.127. The Labute approximate surface area is 184 Å². The minimum Gasteiger partial charge on any atom is -0.369 e. The van der Waals surface area contributed by atoms with E-state index < -0.39 is 12.1 Å². The van der Waals surface area contributed by atoms with E-state index in [4.69, 9.17) is 4.74 Å². The van der Waals surface area contributed by atoms with Gasteiger partial charge in [-0.2, -0.15) is 0 Å². The molecule has 2 N–H and O–H groups in total. The van der Waals surface area contributed by atoms with E-state index in [1.807, 2.05) is 26.0 Å². The van der Waals surface area contributed by atoms with Crippen LogP contribution in [-0.4, -0.2) is 80.5 Å². The lowest BCUT2D eigenvalue weighted by Gasteiger charge is -2.34. The zero-order chi connectivity index (χ0) is 22.5. The van der Waals surface area contributed by atoms with Crippen LogP contribution in [0.25, 0.3) is 0 Å². The van der Waals surface area contributed by atoms with Crippen LogP contribution in [0.5, 0.6) is 0 Å². The van der Waals surface area contributed by atoms with Crippen LogP contribution in [0.3, 0.4) is 0 Å². The topological polar surface area (TPSA) is 91.0 Å². The van der Waals surface area contributed by atoms with Crippen molar-refractivity contribution in [3.63, 3.8) is 0 Å². The number of ketones is 1. The SMILES string of the molecule is CC(C)C[C@H](NC(=O)c1ccc(N2CCN(C)CC2)cc1)C(=O)N[C@@H]1C(=O)CO[C@@H]1C. The first kappa shape index (κ1) is 23.2. The molecule has 2 heterocycles. The molecular formula is C23H34N4O4. The molecule has 0 bridgehead atoms. The number of piperazine rings is 1. The minimum absolute atomic E-state index is 0.00692. The minimum atomic E-state index is -0.717. The summed E-state index contributed by atoms with van der Waals surface area (Å²) in [6, 6.07) is 6.11. The lowest BCUT2D eigenvalue weighted by atomic mass is 10.0. The molecule has 31 heavy (non-hydrogen) atoms. The zero-order valence-electron chi connectivity index (χ0n) is 18.9. The Morgan fingerprint density at radius 3 is 2.32 bits per heavy atom. The second kappa shape index (κ2) is 10.2. The average Bonchev–Trinajstić information content (AvgIpc) is 3.05. The summed E-state index contributed by atoms with van der Waals surface area (Å²) in [4.78, 5) is 42.2. The van der Waals surface area contributed by atoms with Crippen molar-refractivity contribution < 1.29 is 19.1 Å². The molecule has 170 valence electrons. The number of nitrogens with zero attached hydrogens (tertiary/aromatic N) is 2. The van der Waals surface area contributed by atoms with Crippen molar-refractivity contribution in [3.05, 3.63) is 29.8 Å². The Hall–Kier alpha value is -2.45. The summed E-state index contributed by atoms with van der Waals surface area (Å²) < 4.78 is 5.30. The highest BCUT2D eigenvalue weighted by atomic mass is 16.5. The summed E-state index contributed by atoms with van der Waals surface area (Å²) in [7, 11) is 2.12. The van der Waals surface area contributed by atoms with Gasteiger partial charge in [0.1, 0.15) is 18.7 Å². The van der Waals surface area contributed by atoms with Crippen LogP contribution >= 0.6 is 0 Å². The van der Waals surface area contributed by atoms with E-state index in [9.17, 15) is 14.4 Å². The summed E-state index contributed by atoms with van der Waals surface area (Å²) in [6.07, 6.45) is 0.113. The summed E-state index contributed by atoms with van der Waals surface area (Å²) in [5.41, 5.74) is 1.60. The molecule has 0 spiro atoms. The highest BCUT2D eigenvalue weighted by Crippen LogP contribution is 2.18.